The highest BCUT2D eigenvalue weighted by Crippen LogP contribution is 2.27. The van der Waals surface area contributed by atoms with Crippen molar-refractivity contribution in [3.8, 4) is 0 Å². The highest BCUT2D eigenvalue weighted by Gasteiger charge is 2.28. The second-order valence-electron chi connectivity index (χ2n) is 3.06. The van der Waals surface area contributed by atoms with Gasteiger partial charge in [0.1, 0.15) is 5.82 Å². The lowest BCUT2D eigenvalue weighted by atomic mass is 10.6. The molecule has 1 fully saturated rings. The number of anilines is 1. The van der Waals surface area contributed by atoms with E-state index in [1.807, 2.05) is 14.0 Å². The van der Waals surface area contributed by atoms with Gasteiger partial charge in [-0.15, -0.1) is 5.10 Å². The number of nitrogens with zero attached hydrogens (tertiary/aromatic N) is 3. The number of hydrogen-bond donors (Lipinski definition) is 1. The van der Waals surface area contributed by atoms with Crippen LogP contribution in [-0.4, -0.2) is 28.3 Å². The molecule has 1 aliphatic carbocycles. The van der Waals surface area contributed by atoms with Gasteiger partial charge in [-0.25, -0.2) is 0 Å². The average molecular weight is 152 g/mol. The molecule has 0 spiro atoms. The molecular formula is C7H12N4. The molecule has 0 saturated heterocycles. The standard InChI is InChI=1S/C7H12N4/c1-5-8-7(10-9-5)11(2)6-3-4-6/h6H,3-4H2,1-2H3,(H,8,9,10). The van der Waals surface area contributed by atoms with Gasteiger partial charge in [-0.05, 0) is 19.8 Å². The zero-order valence-electron chi connectivity index (χ0n) is 6.83. The molecular weight excluding hydrogens is 140 g/mol. The van der Waals surface area contributed by atoms with E-state index in [1.165, 1.54) is 12.8 Å². The first kappa shape index (κ1) is 6.64. The van der Waals surface area contributed by atoms with Crippen molar-refractivity contribution in [1.29, 1.82) is 0 Å². The third kappa shape index (κ3) is 1.20. The van der Waals surface area contributed by atoms with Crippen molar-refractivity contribution in [2.45, 2.75) is 25.8 Å². The van der Waals surface area contributed by atoms with Gasteiger partial charge >= 0.3 is 0 Å². The molecule has 0 unspecified atom stereocenters. The summed E-state index contributed by atoms with van der Waals surface area (Å²) in [5.74, 6) is 1.71. The van der Waals surface area contributed by atoms with Crippen molar-refractivity contribution in [1.82, 2.24) is 15.2 Å². The number of aromatic nitrogens is 3. The maximum absolute atomic E-state index is 4.23. The molecule has 0 amide bonds. The third-order valence-corrected chi connectivity index (χ3v) is 2.00. The van der Waals surface area contributed by atoms with E-state index in [4.69, 9.17) is 0 Å². The fourth-order valence-electron chi connectivity index (χ4n) is 1.11. The molecule has 2 rings (SSSR count). The molecule has 0 bridgehead atoms. The van der Waals surface area contributed by atoms with Crippen LogP contribution >= 0.6 is 0 Å². The van der Waals surface area contributed by atoms with E-state index in [1.54, 1.807) is 0 Å². The van der Waals surface area contributed by atoms with Crippen LogP contribution in [0.1, 0.15) is 18.7 Å². The highest BCUT2D eigenvalue weighted by atomic mass is 15.4. The van der Waals surface area contributed by atoms with Crippen molar-refractivity contribution in [2.24, 2.45) is 0 Å². The Morgan fingerprint density at radius 3 is 2.73 bits per heavy atom. The zero-order chi connectivity index (χ0) is 7.84. The number of H-pyrrole nitrogens is 1. The third-order valence-electron chi connectivity index (χ3n) is 2.00. The fourth-order valence-corrected chi connectivity index (χ4v) is 1.11. The number of nitrogens with one attached hydrogen (secondary N) is 1. The number of aryl methyl sites for hydroxylation is 1. The molecule has 1 aromatic heterocycles. The van der Waals surface area contributed by atoms with E-state index in [0.29, 0.717) is 6.04 Å². The maximum atomic E-state index is 4.23. The van der Waals surface area contributed by atoms with E-state index in [-0.39, 0.29) is 0 Å². The van der Waals surface area contributed by atoms with Crippen molar-refractivity contribution in [3.05, 3.63) is 5.82 Å². The topological polar surface area (TPSA) is 44.8 Å². The molecule has 4 heteroatoms. The monoisotopic (exact) mass is 152 g/mol. The van der Waals surface area contributed by atoms with Crippen LogP contribution in [0.25, 0.3) is 0 Å². The minimum absolute atomic E-state index is 0.685. The molecule has 0 aliphatic heterocycles. The van der Waals surface area contributed by atoms with Crippen LogP contribution in [0.15, 0.2) is 0 Å². The molecule has 0 atom stereocenters. The van der Waals surface area contributed by atoms with E-state index >= 15 is 0 Å². The van der Waals surface area contributed by atoms with Gasteiger partial charge in [0.15, 0.2) is 0 Å². The van der Waals surface area contributed by atoms with Crippen molar-refractivity contribution in [2.75, 3.05) is 11.9 Å². The van der Waals surface area contributed by atoms with Gasteiger partial charge in [0.05, 0.1) is 0 Å². The van der Waals surface area contributed by atoms with Crippen molar-refractivity contribution >= 4 is 5.95 Å². The lowest BCUT2D eigenvalue weighted by Gasteiger charge is -2.11. The first-order valence-electron chi connectivity index (χ1n) is 3.89. The molecule has 1 saturated carbocycles. The predicted octanol–water partition coefficient (Wildman–Crippen LogP) is 0.712. The summed E-state index contributed by atoms with van der Waals surface area (Å²) in [6.07, 6.45) is 2.56. The second-order valence-corrected chi connectivity index (χ2v) is 3.06. The van der Waals surface area contributed by atoms with Crippen molar-refractivity contribution < 1.29 is 0 Å². The second kappa shape index (κ2) is 2.22. The maximum Gasteiger partial charge on any atom is 0.244 e. The van der Waals surface area contributed by atoms with E-state index in [9.17, 15) is 0 Å². The summed E-state index contributed by atoms with van der Waals surface area (Å²) in [5.41, 5.74) is 0. The Bertz CT molecular complexity index is 251. The van der Waals surface area contributed by atoms with Crippen LogP contribution in [0.2, 0.25) is 0 Å². The van der Waals surface area contributed by atoms with Crippen LogP contribution in [0.3, 0.4) is 0 Å². The summed E-state index contributed by atoms with van der Waals surface area (Å²) in [4.78, 5) is 6.36. The summed E-state index contributed by atoms with van der Waals surface area (Å²) >= 11 is 0. The van der Waals surface area contributed by atoms with Gasteiger partial charge in [0.25, 0.3) is 0 Å². The fraction of sp³-hybridized carbons (Fsp3) is 0.714. The Labute approximate surface area is 65.6 Å². The average Bonchev–Trinajstić information content (AvgIpc) is 2.74. The van der Waals surface area contributed by atoms with Gasteiger partial charge in [0.2, 0.25) is 5.95 Å². The van der Waals surface area contributed by atoms with Crippen LogP contribution in [0, 0.1) is 6.92 Å². The number of hydrogen-bond acceptors (Lipinski definition) is 3. The number of rotatable bonds is 2. The summed E-state index contributed by atoms with van der Waals surface area (Å²) in [6, 6.07) is 0.685. The summed E-state index contributed by atoms with van der Waals surface area (Å²) < 4.78 is 0. The first-order valence-corrected chi connectivity index (χ1v) is 3.89. The van der Waals surface area contributed by atoms with Crippen LogP contribution in [0.5, 0.6) is 0 Å². The van der Waals surface area contributed by atoms with Crippen LogP contribution in [0.4, 0.5) is 5.95 Å². The quantitative estimate of drug-likeness (QED) is 0.678. The molecule has 11 heavy (non-hydrogen) atoms. The first-order chi connectivity index (χ1) is 5.27. The Balaban J connectivity index is 2.14. The Kier molecular flexibility index (Phi) is 1.34. The van der Waals surface area contributed by atoms with Crippen LogP contribution < -0.4 is 4.90 Å². The predicted molar refractivity (Wildman–Crippen MR) is 42.5 cm³/mol. The van der Waals surface area contributed by atoms with Gasteiger partial charge in [-0.2, -0.15) is 4.98 Å². The van der Waals surface area contributed by atoms with Gasteiger partial charge in [0, 0.05) is 13.1 Å². The molecule has 0 radical (unpaired) electrons. The van der Waals surface area contributed by atoms with E-state index in [2.05, 4.69) is 20.1 Å². The van der Waals surface area contributed by atoms with Crippen LogP contribution in [-0.2, 0) is 0 Å². The zero-order valence-corrected chi connectivity index (χ0v) is 6.83. The molecule has 1 heterocycles. The summed E-state index contributed by atoms with van der Waals surface area (Å²) in [5, 5.41) is 6.90. The van der Waals surface area contributed by atoms with Gasteiger partial charge in [-0.3, -0.25) is 5.10 Å². The molecule has 1 aliphatic rings. The molecule has 0 aromatic carbocycles. The lowest BCUT2D eigenvalue weighted by molar-refractivity contribution is 0.865. The summed E-state index contributed by atoms with van der Waals surface area (Å²) in [6.45, 7) is 1.91. The minimum Gasteiger partial charge on any atom is -0.340 e. The SMILES string of the molecule is Cc1nc(N(C)C2CC2)n[nH]1. The van der Waals surface area contributed by atoms with Crippen molar-refractivity contribution in [3.63, 3.8) is 0 Å². The Morgan fingerprint density at radius 2 is 2.27 bits per heavy atom. The van der Waals surface area contributed by atoms with E-state index < -0.39 is 0 Å². The molecule has 60 valence electrons. The highest BCUT2D eigenvalue weighted by molar-refractivity contribution is 5.31. The lowest BCUT2D eigenvalue weighted by Crippen LogP contribution is -2.20. The number of aromatic amines is 1. The smallest absolute Gasteiger partial charge is 0.244 e. The molecule has 1 N–H and O–H groups in total. The van der Waals surface area contributed by atoms with Gasteiger partial charge in [-0.1, -0.05) is 0 Å². The van der Waals surface area contributed by atoms with Gasteiger partial charge < -0.3 is 4.90 Å². The van der Waals surface area contributed by atoms with E-state index in [0.717, 1.165) is 11.8 Å². The molecule has 1 aromatic rings. The largest absolute Gasteiger partial charge is 0.340 e. The minimum atomic E-state index is 0.685. The normalized spacial score (nSPS) is 16.9. The summed E-state index contributed by atoms with van der Waals surface area (Å²) in [7, 11) is 2.04. The Morgan fingerprint density at radius 1 is 1.55 bits per heavy atom. The molecule has 4 nitrogen and oxygen atoms in total. The Hall–Kier alpha value is -1.06.